The molecule has 478 valence electrons. The van der Waals surface area contributed by atoms with E-state index < -0.39 is 253 Å². The van der Waals surface area contributed by atoms with Crippen molar-refractivity contribution in [3.05, 3.63) is 0 Å². The van der Waals surface area contributed by atoms with Gasteiger partial charge in [-0.3, -0.25) is 9.59 Å². The van der Waals surface area contributed by atoms with E-state index in [-0.39, 0.29) is 6.42 Å². The number of Topliss-reactive ketones (excluding diaryl/α,β-unsaturated/α-hetero) is 2. The molecular formula is C48H88N6O28. The van der Waals surface area contributed by atoms with E-state index in [1.54, 1.807) is 0 Å². The number of rotatable bonds is 26. The first-order chi connectivity index (χ1) is 38.7. The minimum Gasteiger partial charge on any atom is -0.394 e. The average molecular weight is 1200 g/mol. The fourth-order valence-electron chi connectivity index (χ4n) is 11.4. The van der Waals surface area contributed by atoms with Crippen molar-refractivity contribution >= 4 is 11.6 Å². The number of aliphatic hydroxyl groups excluding tert-OH is 15. The molecule has 0 aromatic heterocycles. The van der Waals surface area contributed by atoms with Crippen molar-refractivity contribution in [3.8, 4) is 0 Å². The number of aliphatic hydroxyl groups is 16. The Labute approximate surface area is 470 Å². The highest BCUT2D eigenvalue weighted by Gasteiger charge is 2.68. The van der Waals surface area contributed by atoms with Crippen molar-refractivity contribution in [2.75, 3.05) is 39.6 Å². The van der Waals surface area contributed by atoms with Crippen LogP contribution in [0, 0.1) is 0 Å². The van der Waals surface area contributed by atoms with Crippen LogP contribution in [0.1, 0.15) is 64.7 Å². The highest BCUT2D eigenvalue weighted by Crippen LogP contribution is 2.45. The van der Waals surface area contributed by atoms with E-state index in [1.807, 2.05) is 6.92 Å². The number of ether oxygens (including phenoxy) is 10. The van der Waals surface area contributed by atoms with Gasteiger partial charge in [0.2, 0.25) is 0 Å². The monoisotopic (exact) mass is 1200 g/mol. The lowest BCUT2D eigenvalue weighted by atomic mass is 9.68. The summed E-state index contributed by atoms with van der Waals surface area (Å²) < 4.78 is 57.5. The topological polar surface area (TPSA) is 606 Å². The molecule has 0 aliphatic carbocycles. The van der Waals surface area contributed by atoms with E-state index in [0.29, 0.717) is 12.8 Å². The number of unbranched alkanes of at least 4 members (excludes halogenated alkanes) is 5. The van der Waals surface area contributed by atoms with Crippen molar-refractivity contribution in [1.29, 1.82) is 0 Å². The molecule has 0 spiro atoms. The van der Waals surface area contributed by atoms with Crippen LogP contribution in [0.3, 0.4) is 0 Å². The van der Waals surface area contributed by atoms with Gasteiger partial charge in [0.05, 0.1) is 75.9 Å². The number of carbonyl (C=O) groups excluding carboxylic acids is 2. The third kappa shape index (κ3) is 13.5. The molecule has 28 N–H and O–H groups in total. The van der Waals surface area contributed by atoms with Crippen LogP contribution in [-0.4, -0.2) is 315 Å². The normalized spacial score (nSPS) is 48.5. The van der Waals surface area contributed by atoms with Gasteiger partial charge < -0.3 is 163 Å². The smallest absolute Gasteiger partial charge is 0.183 e. The number of carbonyl (C=O) groups is 2. The summed E-state index contributed by atoms with van der Waals surface area (Å²) >= 11 is 0. The van der Waals surface area contributed by atoms with Gasteiger partial charge in [-0.05, 0) is 6.42 Å². The van der Waals surface area contributed by atoms with Gasteiger partial charge in [0.25, 0.3) is 0 Å². The van der Waals surface area contributed by atoms with Crippen LogP contribution in [0.4, 0.5) is 0 Å². The zero-order valence-electron chi connectivity index (χ0n) is 45.2. The molecule has 6 heterocycles. The van der Waals surface area contributed by atoms with Gasteiger partial charge in [0.1, 0.15) is 97.2 Å². The Kier molecular flexibility index (Phi) is 24.8. The highest BCUT2D eigenvalue weighted by atomic mass is 16.8. The maximum atomic E-state index is 14.9. The van der Waals surface area contributed by atoms with Crippen molar-refractivity contribution in [2.45, 2.75) is 247 Å². The molecule has 0 aromatic rings. The van der Waals surface area contributed by atoms with E-state index in [4.69, 9.17) is 81.8 Å². The van der Waals surface area contributed by atoms with Crippen LogP contribution in [0.25, 0.3) is 0 Å². The van der Waals surface area contributed by atoms with Crippen molar-refractivity contribution in [1.82, 2.24) is 0 Å². The second-order valence-corrected chi connectivity index (χ2v) is 21.9. The lowest BCUT2D eigenvalue weighted by molar-refractivity contribution is -0.369. The lowest BCUT2D eigenvalue weighted by Crippen LogP contribution is -2.79. The van der Waals surface area contributed by atoms with Crippen molar-refractivity contribution < 1.29 is 139 Å². The predicted octanol–water partition coefficient (Wildman–Crippen LogP) is -12.6. The number of nitrogens with two attached hydrogens (primary N) is 6. The van der Waals surface area contributed by atoms with Gasteiger partial charge in [-0.2, -0.15) is 0 Å². The van der Waals surface area contributed by atoms with Crippen LogP contribution in [0.15, 0.2) is 0 Å². The van der Waals surface area contributed by atoms with Gasteiger partial charge >= 0.3 is 0 Å². The minimum absolute atomic E-state index is 0.110. The number of ketones is 2. The summed E-state index contributed by atoms with van der Waals surface area (Å²) in [6.07, 6.45) is -36.4. The molecule has 0 aromatic carbocycles. The van der Waals surface area contributed by atoms with Crippen LogP contribution < -0.4 is 34.4 Å². The summed E-state index contributed by atoms with van der Waals surface area (Å²) in [6.45, 7) is -4.44. The summed E-state index contributed by atoms with van der Waals surface area (Å²) in [7, 11) is 0. The zero-order valence-corrected chi connectivity index (χ0v) is 45.2. The van der Waals surface area contributed by atoms with E-state index in [2.05, 4.69) is 0 Å². The van der Waals surface area contributed by atoms with Crippen molar-refractivity contribution in [3.63, 3.8) is 0 Å². The van der Waals surface area contributed by atoms with E-state index in [9.17, 15) is 91.3 Å². The second kappa shape index (κ2) is 29.4. The minimum atomic E-state index is -2.96. The molecule has 0 radical (unpaired) electrons. The molecule has 0 bridgehead atoms. The fraction of sp³-hybridized carbons (Fsp3) is 0.958. The number of hydrogen-bond donors (Lipinski definition) is 22. The Morgan fingerprint density at radius 2 is 0.817 bits per heavy atom. The molecule has 34 heteroatoms. The first-order valence-corrected chi connectivity index (χ1v) is 27.4. The third-order valence-corrected chi connectivity index (χ3v) is 16.7. The van der Waals surface area contributed by atoms with E-state index in [1.165, 1.54) is 0 Å². The van der Waals surface area contributed by atoms with Crippen LogP contribution in [0.5, 0.6) is 0 Å². The molecule has 0 saturated carbocycles. The molecule has 4 unspecified atom stereocenters. The number of hydrogen-bond acceptors (Lipinski definition) is 34. The molecule has 82 heavy (non-hydrogen) atoms. The van der Waals surface area contributed by atoms with Crippen molar-refractivity contribution in [2.24, 2.45) is 34.4 Å². The Morgan fingerprint density at radius 3 is 1.24 bits per heavy atom. The Morgan fingerprint density at radius 1 is 0.439 bits per heavy atom. The first-order valence-electron chi connectivity index (χ1n) is 27.4. The molecule has 6 fully saturated rings. The largest absolute Gasteiger partial charge is 0.394 e. The maximum Gasteiger partial charge on any atom is 0.183 e. The molecule has 6 saturated heterocycles. The van der Waals surface area contributed by atoms with Crippen LogP contribution in [-0.2, 0) is 57.0 Å². The third-order valence-electron chi connectivity index (χ3n) is 16.7. The van der Waals surface area contributed by atoms with Gasteiger partial charge in [-0.1, -0.05) is 45.4 Å². The second-order valence-electron chi connectivity index (χ2n) is 21.9. The molecule has 34 nitrogen and oxygen atoms in total. The van der Waals surface area contributed by atoms with Crippen LogP contribution >= 0.6 is 0 Å². The highest BCUT2D eigenvalue weighted by molar-refractivity contribution is 5.95. The SMILES string of the molecule is CCCCCCCC[C@]1(O)[C@H](O)[C@@H](N)[C@@H](OC2[C@@H](CO)O[C@@H](OC3[C@@H](CO)O[C@@H](O)[C@H](N)[C@H]3O)[C@H](N)[C@H]2O)O[C@@]1(CO)C(=O)CCC(=O)[C@]1(CO)O[C@H](OC2[C@@H](CO)O[C@@H](OC3[C@@H](CO)O[C@@H](O)[C@H](N)[C@H]3O)[C@H](N)[C@H]2O)[C@H](N)[C@@H](O)[C@@H]1O. The zero-order chi connectivity index (χ0) is 60.9. The van der Waals surface area contributed by atoms with Gasteiger partial charge in [-0.25, -0.2) is 0 Å². The summed E-state index contributed by atoms with van der Waals surface area (Å²) in [4.78, 5) is 29.3. The predicted molar refractivity (Wildman–Crippen MR) is 268 cm³/mol. The van der Waals surface area contributed by atoms with Gasteiger partial charge in [0.15, 0.2) is 60.5 Å². The van der Waals surface area contributed by atoms with E-state index in [0.717, 1.165) is 19.3 Å². The summed E-state index contributed by atoms with van der Waals surface area (Å²) in [5, 5.41) is 175. The van der Waals surface area contributed by atoms with E-state index >= 15 is 0 Å². The van der Waals surface area contributed by atoms with Crippen LogP contribution in [0.2, 0.25) is 0 Å². The molecular weight excluding hydrogens is 1110 g/mol. The molecule has 6 aliphatic rings. The Balaban J connectivity index is 1.22. The molecule has 6 rings (SSSR count). The molecule has 30 atom stereocenters. The average Bonchev–Trinajstić information content (AvgIpc) is 1.30. The molecule has 6 aliphatic heterocycles. The van der Waals surface area contributed by atoms with Gasteiger partial charge in [0, 0.05) is 12.8 Å². The summed E-state index contributed by atoms with van der Waals surface area (Å²) in [6, 6.07) is -9.78. The Hall–Kier alpha value is -1.94. The quantitative estimate of drug-likeness (QED) is 0.0358. The standard InChI is InChI=1S/C48H88N6O28/c1-2-3-4-5-6-7-10-47(72)38(68)28(54)45(80-37-20(14-58)76-43(26(52)32(37)66)78-35-18(12-56)74-41(71)24(50)30(35)64)82-48(47,16-60)22(62)9-8-21(61)46(15-59)39(69)33(67)27(53)44(81-46)79-36-19(13-57)75-42(25(51)31(36)65)77-34-17(11-55)73-40(70)23(49)29(34)63/h17-20,23-45,55-60,63-72H,2-16,49-54H2,1H3/t17-,18-,19-,20-,23-,24-,25-,26-,27-,28-,29-,30-,31-,32-,33-,34?,35?,36?,37?,38-,39+,40-,41-,42+,43+,44+,45+,46+,47+,48+/m1/s1. The fourth-order valence-corrected chi connectivity index (χ4v) is 11.4. The Bertz CT molecular complexity index is 2010. The molecule has 0 amide bonds. The summed E-state index contributed by atoms with van der Waals surface area (Å²) in [5.74, 6) is -2.65. The lowest BCUT2D eigenvalue weighted by Gasteiger charge is -2.56. The first kappa shape index (κ1) is 69.2. The summed E-state index contributed by atoms with van der Waals surface area (Å²) in [5.41, 5.74) is 28.3. The maximum absolute atomic E-state index is 14.9. The van der Waals surface area contributed by atoms with Gasteiger partial charge in [-0.15, -0.1) is 0 Å².